The fraction of sp³-hybridized carbons (Fsp3) is 0.462. The molecule has 0 heterocycles. The van der Waals surface area contributed by atoms with E-state index in [0.29, 0.717) is 18.5 Å². The molecule has 1 rings (SSSR count). The Bertz CT molecular complexity index is 408. The first-order valence-electron chi connectivity index (χ1n) is 5.97. The number of hydrogen-bond acceptors (Lipinski definition) is 2. The molecule has 0 radical (unpaired) electrons. The van der Waals surface area contributed by atoms with E-state index < -0.39 is 0 Å². The van der Waals surface area contributed by atoms with Gasteiger partial charge in [0.2, 0.25) is 5.91 Å². The van der Waals surface area contributed by atoms with Gasteiger partial charge in [0, 0.05) is 23.0 Å². The predicted molar refractivity (Wildman–Crippen MR) is 73.4 cm³/mol. The highest BCUT2D eigenvalue weighted by molar-refractivity contribution is 9.10. The Morgan fingerprint density at radius 1 is 1.56 bits per heavy atom. The van der Waals surface area contributed by atoms with Gasteiger partial charge in [-0.1, -0.05) is 29.3 Å². The van der Waals surface area contributed by atoms with Crippen LogP contribution in [0.4, 0.5) is 4.39 Å². The highest BCUT2D eigenvalue weighted by Crippen LogP contribution is 2.15. The van der Waals surface area contributed by atoms with Crippen molar-refractivity contribution in [1.82, 2.24) is 5.32 Å². The number of hydrogen-bond donors (Lipinski definition) is 2. The Labute approximate surface area is 115 Å². The van der Waals surface area contributed by atoms with Gasteiger partial charge in [-0.2, -0.15) is 0 Å². The van der Waals surface area contributed by atoms with E-state index >= 15 is 0 Å². The number of rotatable bonds is 6. The van der Waals surface area contributed by atoms with Crippen LogP contribution in [-0.4, -0.2) is 12.5 Å². The second-order valence-electron chi connectivity index (χ2n) is 4.23. The number of halogens is 2. The molecule has 0 saturated heterocycles. The maximum atomic E-state index is 13.4. The molecule has 0 aliphatic carbocycles. The quantitative estimate of drug-likeness (QED) is 0.847. The van der Waals surface area contributed by atoms with Crippen molar-refractivity contribution in [3.8, 4) is 0 Å². The second-order valence-corrected chi connectivity index (χ2v) is 5.14. The summed E-state index contributed by atoms with van der Waals surface area (Å²) in [5, 5.41) is 2.71. The molecule has 1 atom stereocenters. The first-order chi connectivity index (χ1) is 8.56. The molecule has 0 spiro atoms. The zero-order chi connectivity index (χ0) is 13.5. The van der Waals surface area contributed by atoms with Gasteiger partial charge in [0.1, 0.15) is 5.82 Å². The average Bonchev–Trinajstić information content (AvgIpc) is 2.37. The largest absolute Gasteiger partial charge is 0.352 e. The summed E-state index contributed by atoms with van der Waals surface area (Å²) < 4.78 is 14.2. The summed E-state index contributed by atoms with van der Waals surface area (Å²) in [4.78, 5) is 11.6. The smallest absolute Gasteiger partial charge is 0.220 e. The van der Waals surface area contributed by atoms with Crippen molar-refractivity contribution in [2.75, 3.05) is 6.54 Å². The third kappa shape index (κ3) is 4.74. The zero-order valence-electron chi connectivity index (χ0n) is 10.4. The third-order valence-electron chi connectivity index (χ3n) is 2.87. The van der Waals surface area contributed by atoms with Gasteiger partial charge >= 0.3 is 0 Å². The van der Waals surface area contributed by atoms with E-state index in [1.807, 2.05) is 6.92 Å². The van der Waals surface area contributed by atoms with Crippen LogP contribution in [0.15, 0.2) is 22.7 Å². The molecule has 0 bridgehead atoms. The number of carbonyl (C=O) groups is 1. The van der Waals surface area contributed by atoms with Crippen molar-refractivity contribution in [2.24, 2.45) is 11.7 Å². The van der Waals surface area contributed by atoms with Gasteiger partial charge in [0.25, 0.3) is 0 Å². The number of carbonyl (C=O) groups excluding carboxylic acids is 1. The lowest BCUT2D eigenvalue weighted by Gasteiger charge is -2.12. The van der Waals surface area contributed by atoms with E-state index in [-0.39, 0.29) is 24.2 Å². The van der Waals surface area contributed by atoms with Crippen LogP contribution in [0.3, 0.4) is 0 Å². The van der Waals surface area contributed by atoms with Crippen LogP contribution in [0.25, 0.3) is 0 Å². The van der Waals surface area contributed by atoms with Gasteiger partial charge in [-0.15, -0.1) is 0 Å². The minimum atomic E-state index is -0.315. The molecule has 0 aliphatic heterocycles. The molecule has 5 heteroatoms. The SMILES string of the molecule is CCC(CN)CC(=O)NCc1cc(Br)ccc1F. The lowest BCUT2D eigenvalue weighted by molar-refractivity contribution is -0.122. The molecule has 0 fully saturated rings. The van der Waals surface area contributed by atoms with E-state index in [0.717, 1.165) is 10.9 Å². The molecule has 1 aromatic carbocycles. The highest BCUT2D eigenvalue weighted by Gasteiger charge is 2.11. The van der Waals surface area contributed by atoms with E-state index in [1.165, 1.54) is 6.07 Å². The van der Waals surface area contributed by atoms with Crippen molar-refractivity contribution in [3.05, 3.63) is 34.1 Å². The molecule has 1 amide bonds. The summed E-state index contributed by atoms with van der Waals surface area (Å²) in [6, 6.07) is 4.67. The second kappa shape index (κ2) is 7.48. The molecule has 100 valence electrons. The Hall–Kier alpha value is -0.940. The Balaban J connectivity index is 2.49. The number of nitrogens with one attached hydrogen (secondary N) is 1. The van der Waals surface area contributed by atoms with Gasteiger partial charge in [0.15, 0.2) is 0 Å². The Morgan fingerprint density at radius 2 is 2.28 bits per heavy atom. The maximum Gasteiger partial charge on any atom is 0.220 e. The molecular weight excluding hydrogens is 299 g/mol. The van der Waals surface area contributed by atoms with Gasteiger partial charge < -0.3 is 11.1 Å². The minimum Gasteiger partial charge on any atom is -0.352 e. The van der Waals surface area contributed by atoms with Crippen molar-refractivity contribution in [2.45, 2.75) is 26.3 Å². The van der Waals surface area contributed by atoms with E-state index in [1.54, 1.807) is 12.1 Å². The first kappa shape index (κ1) is 15.1. The Kier molecular flexibility index (Phi) is 6.29. The van der Waals surface area contributed by atoms with Gasteiger partial charge in [-0.05, 0) is 30.7 Å². The lowest BCUT2D eigenvalue weighted by Crippen LogP contribution is -2.27. The normalized spacial score (nSPS) is 12.2. The summed E-state index contributed by atoms with van der Waals surface area (Å²) in [5.74, 6) is -0.214. The van der Waals surface area contributed by atoms with Crippen molar-refractivity contribution < 1.29 is 9.18 Å². The highest BCUT2D eigenvalue weighted by atomic mass is 79.9. The Morgan fingerprint density at radius 3 is 2.89 bits per heavy atom. The zero-order valence-corrected chi connectivity index (χ0v) is 12.0. The van der Waals surface area contributed by atoms with E-state index in [2.05, 4.69) is 21.2 Å². The third-order valence-corrected chi connectivity index (χ3v) is 3.36. The standard InChI is InChI=1S/C13H18BrFN2O/c1-2-9(7-16)5-13(18)17-8-10-6-11(14)3-4-12(10)15/h3-4,6,9H,2,5,7-8,16H2,1H3,(H,17,18). The topological polar surface area (TPSA) is 55.1 Å². The lowest BCUT2D eigenvalue weighted by atomic mass is 10.0. The van der Waals surface area contributed by atoms with Crippen molar-refractivity contribution in [3.63, 3.8) is 0 Å². The molecule has 0 aromatic heterocycles. The van der Waals surface area contributed by atoms with Crippen LogP contribution >= 0.6 is 15.9 Å². The van der Waals surface area contributed by atoms with E-state index in [4.69, 9.17) is 5.73 Å². The number of amides is 1. The van der Waals surface area contributed by atoms with Gasteiger partial charge in [-0.25, -0.2) is 4.39 Å². The van der Waals surface area contributed by atoms with Crippen molar-refractivity contribution in [1.29, 1.82) is 0 Å². The molecule has 0 saturated carbocycles. The molecule has 18 heavy (non-hydrogen) atoms. The fourth-order valence-corrected chi connectivity index (χ4v) is 2.01. The fourth-order valence-electron chi connectivity index (χ4n) is 1.60. The van der Waals surface area contributed by atoms with Gasteiger partial charge in [-0.3, -0.25) is 4.79 Å². The summed E-state index contributed by atoms with van der Waals surface area (Å²) in [5.41, 5.74) is 6.01. The van der Waals surface area contributed by atoms with Crippen LogP contribution in [0.2, 0.25) is 0 Å². The van der Waals surface area contributed by atoms with Crippen LogP contribution in [0, 0.1) is 11.7 Å². The maximum absolute atomic E-state index is 13.4. The first-order valence-corrected chi connectivity index (χ1v) is 6.76. The summed E-state index contributed by atoms with van der Waals surface area (Å²) in [6.45, 7) is 2.69. The van der Waals surface area contributed by atoms with Crippen LogP contribution in [-0.2, 0) is 11.3 Å². The van der Waals surface area contributed by atoms with Crippen LogP contribution in [0.5, 0.6) is 0 Å². The molecular formula is C13H18BrFN2O. The van der Waals surface area contributed by atoms with Gasteiger partial charge in [0.05, 0.1) is 0 Å². The molecule has 0 aliphatic rings. The monoisotopic (exact) mass is 316 g/mol. The average molecular weight is 317 g/mol. The minimum absolute atomic E-state index is 0.0910. The molecule has 3 nitrogen and oxygen atoms in total. The van der Waals surface area contributed by atoms with Crippen LogP contribution < -0.4 is 11.1 Å². The summed E-state index contributed by atoms with van der Waals surface area (Å²) >= 11 is 3.27. The molecule has 1 aromatic rings. The number of nitrogens with two attached hydrogens (primary N) is 1. The van der Waals surface area contributed by atoms with Crippen LogP contribution in [0.1, 0.15) is 25.3 Å². The van der Waals surface area contributed by atoms with E-state index in [9.17, 15) is 9.18 Å². The predicted octanol–water partition coefficient (Wildman–Crippen LogP) is 2.58. The summed E-state index contributed by atoms with van der Waals surface area (Å²) in [7, 11) is 0. The molecule has 3 N–H and O–H groups in total. The number of benzene rings is 1. The summed E-state index contributed by atoms with van der Waals surface area (Å²) in [6.07, 6.45) is 1.26. The van der Waals surface area contributed by atoms with Crippen molar-refractivity contribution >= 4 is 21.8 Å². The molecule has 1 unspecified atom stereocenters.